The molecule has 0 aliphatic carbocycles. The Morgan fingerprint density at radius 1 is 1.05 bits per heavy atom. The number of halogens is 2. The first-order valence-corrected chi connectivity index (χ1v) is 13.3. The normalized spacial score (nSPS) is 19.6. The van der Waals surface area contributed by atoms with E-state index in [2.05, 4.69) is 21.2 Å². The molecule has 0 radical (unpaired) electrons. The largest absolute Gasteiger partial charge is 0.466 e. The maximum absolute atomic E-state index is 14.0. The van der Waals surface area contributed by atoms with Crippen LogP contribution in [0.4, 0.5) is 4.39 Å². The number of likely N-dealkylation sites (tertiary alicyclic amines) is 1. The van der Waals surface area contributed by atoms with Crippen molar-refractivity contribution >= 4 is 33.7 Å². The minimum Gasteiger partial charge on any atom is -0.466 e. The molecule has 0 bridgehead atoms. The zero-order chi connectivity index (χ0) is 27.5. The SMILES string of the molecule is CCOC(=O)C1CC(C(=O)NCc2ccc(F)cc2)N(C(=O)c2cccc(Br)c2)C1c1ccc2c(c1)OCO2. The van der Waals surface area contributed by atoms with Crippen LogP contribution < -0.4 is 14.8 Å². The van der Waals surface area contributed by atoms with Gasteiger partial charge in [-0.3, -0.25) is 14.4 Å². The number of carbonyl (C=O) groups is 3. The Balaban J connectivity index is 1.53. The number of ether oxygens (including phenoxy) is 3. The number of esters is 1. The number of carbonyl (C=O) groups excluding carboxylic acids is 3. The minimum absolute atomic E-state index is 0.0624. The molecule has 0 spiro atoms. The van der Waals surface area contributed by atoms with Crippen molar-refractivity contribution in [1.29, 1.82) is 0 Å². The van der Waals surface area contributed by atoms with Gasteiger partial charge in [-0.1, -0.05) is 40.2 Å². The highest BCUT2D eigenvalue weighted by Gasteiger charge is 2.51. The zero-order valence-corrected chi connectivity index (χ0v) is 22.6. The lowest BCUT2D eigenvalue weighted by Gasteiger charge is -2.31. The van der Waals surface area contributed by atoms with Crippen LogP contribution >= 0.6 is 15.9 Å². The van der Waals surface area contributed by atoms with Crippen LogP contribution in [0.2, 0.25) is 0 Å². The second kappa shape index (κ2) is 11.4. The molecule has 3 aromatic carbocycles. The lowest BCUT2D eigenvalue weighted by atomic mass is 9.92. The Labute approximate surface area is 233 Å². The van der Waals surface area contributed by atoms with E-state index >= 15 is 0 Å². The van der Waals surface area contributed by atoms with E-state index in [0.29, 0.717) is 32.7 Å². The number of nitrogens with zero attached hydrogens (tertiary/aromatic N) is 1. The standard InChI is InChI=1S/C29H26BrFN2O6/c1-2-37-29(36)22-14-23(27(34)32-15-17-6-9-21(31)10-7-17)33(28(35)19-4-3-5-20(30)12-19)26(22)18-8-11-24-25(13-18)39-16-38-24/h3-13,22-23,26H,2,14-16H2,1H3,(H,32,34). The number of benzene rings is 3. The fraction of sp³-hybridized carbons (Fsp3) is 0.276. The smallest absolute Gasteiger partial charge is 0.311 e. The van der Waals surface area contributed by atoms with Gasteiger partial charge < -0.3 is 24.4 Å². The average Bonchev–Trinajstić information content (AvgIpc) is 3.57. The van der Waals surface area contributed by atoms with Gasteiger partial charge in [-0.25, -0.2) is 4.39 Å². The maximum atomic E-state index is 14.0. The van der Waals surface area contributed by atoms with Gasteiger partial charge in [0, 0.05) is 16.6 Å². The number of amides is 2. The van der Waals surface area contributed by atoms with Crippen LogP contribution in [0.3, 0.4) is 0 Å². The van der Waals surface area contributed by atoms with Crippen LogP contribution in [0, 0.1) is 11.7 Å². The summed E-state index contributed by atoms with van der Waals surface area (Å²) in [6.45, 7) is 2.07. The number of hydrogen-bond acceptors (Lipinski definition) is 6. The summed E-state index contributed by atoms with van der Waals surface area (Å²) in [5, 5.41) is 2.85. The van der Waals surface area contributed by atoms with Gasteiger partial charge in [-0.2, -0.15) is 0 Å². The average molecular weight is 597 g/mol. The van der Waals surface area contributed by atoms with Crippen molar-refractivity contribution in [3.05, 3.63) is 93.7 Å². The van der Waals surface area contributed by atoms with Gasteiger partial charge in [0.25, 0.3) is 5.91 Å². The molecule has 3 unspecified atom stereocenters. The highest BCUT2D eigenvalue weighted by molar-refractivity contribution is 9.10. The Hall–Kier alpha value is -3.92. The Kier molecular flexibility index (Phi) is 7.83. The van der Waals surface area contributed by atoms with E-state index in [1.54, 1.807) is 61.5 Å². The molecule has 3 aromatic rings. The predicted octanol–water partition coefficient (Wildman–Crippen LogP) is 4.77. The van der Waals surface area contributed by atoms with Gasteiger partial charge >= 0.3 is 5.97 Å². The molecule has 0 saturated carbocycles. The number of fused-ring (bicyclic) bond motifs is 1. The highest BCUT2D eigenvalue weighted by atomic mass is 79.9. The second-order valence-corrected chi connectivity index (χ2v) is 10.2. The summed E-state index contributed by atoms with van der Waals surface area (Å²) in [6, 6.07) is 16.1. The van der Waals surface area contributed by atoms with Crippen molar-refractivity contribution in [2.45, 2.75) is 32.0 Å². The zero-order valence-electron chi connectivity index (χ0n) is 21.1. The van der Waals surface area contributed by atoms with Crippen LogP contribution in [-0.2, 0) is 20.9 Å². The van der Waals surface area contributed by atoms with Gasteiger partial charge in [0.05, 0.1) is 18.6 Å². The molecule has 5 rings (SSSR count). The monoisotopic (exact) mass is 596 g/mol. The summed E-state index contributed by atoms with van der Waals surface area (Å²) in [5.41, 5.74) is 1.67. The molecular weight excluding hydrogens is 571 g/mol. The molecule has 1 N–H and O–H groups in total. The van der Waals surface area contributed by atoms with E-state index in [1.807, 2.05) is 0 Å². The minimum atomic E-state index is -0.971. The summed E-state index contributed by atoms with van der Waals surface area (Å²) >= 11 is 3.41. The summed E-state index contributed by atoms with van der Waals surface area (Å²) < 4.78 is 30.4. The highest BCUT2D eigenvalue weighted by Crippen LogP contribution is 2.45. The maximum Gasteiger partial charge on any atom is 0.311 e. The van der Waals surface area contributed by atoms with Crippen molar-refractivity contribution < 1.29 is 33.0 Å². The van der Waals surface area contributed by atoms with Crippen molar-refractivity contribution in [2.24, 2.45) is 5.92 Å². The van der Waals surface area contributed by atoms with E-state index in [-0.39, 0.29) is 32.2 Å². The van der Waals surface area contributed by atoms with Gasteiger partial charge in [0.1, 0.15) is 11.9 Å². The van der Waals surface area contributed by atoms with E-state index in [0.717, 1.165) is 0 Å². The van der Waals surface area contributed by atoms with Crippen LogP contribution in [0.1, 0.15) is 40.9 Å². The van der Waals surface area contributed by atoms with Crippen molar-refractivity contribution in [3.8, 4) is 11.5 Å². The van der Waals surface area contributed by atoms with Crippen molar-refractivity contribution in [2.75, 3.05) is 13.4 Å². The van der Waals surface area contributed by atoms with E-state index in [9.17, 15) is 18.8 Å². The topological polar surface area (TPSA) is 94.2 Å². The quantitative estimate of drug-likeness (QED) is 0.395. The predicted molar refractivity (Wildman–Crippen MR) is 142 cm³/mol. The molecule has 3 atom stereocenters. The third-order valence-electron chi connectivity index (χ3n) is 6.81. The van der Waals surface area contributed by atoms with E-state index in [4.69, 9.17) is 14.2 Å². The number of rotatable bonds is 7. The van der Waals surface area contributed by atoms with Gasteiger partial charge in [-0.15, -0.1) is 0 Å². The summed E-state index contributed by atoms with van der Waals surface area (Å²) in [7, 11) is 0. The third-order valence-corrected chi connectivity index (χ3v) is 7.30. The molecule has 2 heterocycles. The van der Waals surface area contributed by atoms with Gasteiger partial charge in [0.15, 0.2) is 11.5 Å². The molecular formula is C29H26BrFN2O6. The van der Waals surface area contributed by atoms with Crippen LogP contribution in [0.5, 0.6) is 11.5 Å². The van der Waals surface area contributed by atoms with Crippen LogP contribution in [0.15, 0.2) is 71.2 Å². The molecule has 202 valence electrons. The fourth-order valence-electron chi connectivity index (χ4n) is 5.02. The molecule has 1 fully saturated rings. The van der Waals surface area contributed by atoms with E-state index < -0.39 is 35.8 Å². The fourth-order valence-corrected chi connectivity index (χ4v) is 5.42. The number of hydrogen-bond donors (Lipinski definition) is 1. The van der Waals surface area contributed by atoms with Gasteiger partial charge in [0.2, 0.25) is 12.7 Å². The summed E-state index contributed by atoms with van der Waals surface area (Å²) in [5.74, 6) is -1.47. The number of nitrogens with one attached hydrogen (secondary N) is 1. The molecule has 2 amide bonds. The molecule has 10 heteroatoms. The Bertz CT molecular complexity index is 1400. The molecule has 39 heavy (non-hydrogen) atoms. The lowest BCUT2D eigenvalue weighted by molar-refractivity contribution is -0.148. The van der Waals surface area contributed by atoms with Gasteiger partial charge in [-0.05, 0) is 66.9 Å². The first-order chi connectivity index (χ1) is 18.9. The van der Waals surface area contributed by atoms with E-state index in [1.165, 1.54) is 17.0 Å². The van der Waals surface area contributed by atoms with Crippen molar-refractivity contribution in [1.82, 2.24) is 10.2 Å². The first kappa shape index (κ1) is 26.7. The molecule has 8 nitrogen and oxygen atoms in total. The molecule has 0 aromatic heterocycles. The van der Waals surface area contributed by atoms with Crippen LogP contribution in [-0.4, -0.2) is 42.1 Å². The third kappa shape index (κ3) is 5.61. The Morgan fingerprint density at radius 2 is 1.82 bits per heavy atom. The molecule has 2 aliphatic heterocycles. The second-order valence-electron chi connectivity index (χ2n) is 9.23. The summed E-state index contributed by atoms with van der Waals surface area (Å²) in [4.78, 5) is 42.3. The lowest BCUT2D eigenvalue weighted by Crippen LogP contribution is -2.46. The molecule has 1 saturated heterocycles. The van der Waals surface area contributed by atoms with Crippen LogP contribution in [0.25, 0.3) is 0 Å². The van der Waals surface area contributed by atoms with Crippen molar-refractivity contribution in [3.63, 3.8) is 0 Å². The Morgan fingerprint density at radius 3 is 2.56 bits per heavy atom. The summed E-state index contributed by atoms with van der Waals surface area (Å²) in [6.07, 6.45) is 0.0624. The first-order valence-electron chi connectivity index (χ1n) is 12.5. The molecule has 2 aliphatic rings.